The quantitative estimate of drug-likeness (QED) is 0.268. The number of aliphatic hydroxyl groups excluding tert-OH is 2. The second-order valence-corrected chi connectivity index (χ2v) is 7.24. The lowest BCUT2D eigenvalue weighted by molar-refractivity contribution is -0.382. The maximum absolute atomic E-state index is 10.3. The van der Waals surface area contributed by atoms with E-state index in [9.17, 15) is 10.2 Å². The van der Waals surface area contributed by atoms with Gasteiger partial charge in [-0.3, -0.25) is 0 Å². The van der Waals surface area contributed by atoms with Crippen LogP contribution in [0.15, 0.2) is 60.7 Å². The zero-order valence-corrected chi connectivity index (χ0v) is 19.2. The fourth-order valence-electron chi connectivity index (χ4n) is 3.37. The molecule has 0 fully saturated rings. The van der Waals surface area contributed by atoms with E-state index in [1.807, 2.05) is 60.7 Å². The lowest BCUT2D eigenvalue weighted by Gasteiger charge is -2.36. The monoisotopic (exact) mass is 466 g/mol. The molecule has 5 atom stereocenters. The predicted octanol–water partition coefficient (Wildman–Crippen LogP) is 2.05. The average Bonchev–Trinajstić information content (AvgIpc) is 2.85. The maximum atomic E-state index is 10.3. The summed E-state index contributed by atoms with van der Waals surface area (Å²) in [5.41, 5.74) is 1.90. The summed E-state index contributed by atoms with van der Waals surface area (Å²) >= 11 is 0. The highest BCUT2D eigenvalue weighted by atomic mass is 17.2. The Bertz CT molecular complexity index is 731. The molecular weight excluding hydrogens is 432 g/mol. The standard InChI is InChI=1S/C24H34O9/c1-27-22(20(26)14-25)24(33-29-3)23(31-16-19-12-8-5-9-13-19)21(32-28-2)17-30-15-18-10-6-4-7-11-18/h4-13,20-26H,14-17H2,1-3H3/t20-,21-,22+,23-,24+/m1/s1. The summed E-state index contributed by atoms with van der Waals surface area (Å²) < 4.78 is 17.5. The zero-order valence-electron chi connectivity index (χ0n) is 19.2. The average molecular weight is 467 g/mol. The van der Waals surface area contributed by atoms with Gasteiger partial charge in [0.25, 0.3) is 0 Å². The first-order chi connectivity index (χ1) is 16.1. The van der Waals surface area contributed by atoms with E-state index in [4.69, 9.17) is 33.8 Å². The van der Waals surface area contributed by atoms with E-state index in [0.717, 1.165) is 11.1 Å². The van der Waals surface area contributed by atoms with Gasteiger partial charge in [-0.15, -0.1) is 0 Å². The summed E-state index contributed by atoms with van der Waals surface area (Å²) in [7, 11) is 4.10. The highest BCUT2D eigenvalue weighted by Crippen LogP contribution is 2.22. The molecule has 2 aromatic carbocycles. The molecule has 9 nitrogen and oxygen atoms in total. The predicted molar refractivity (Wildman–Crippen MR) is 119 cm³/mol. The molecule has 9 heteroatoms. The SMILES string of the molecule is COO[C@@H]([C@@H](OC)[C@H](O)CO)[C@H](OCc1ccccc1)[C@@H](COCc1ccccc1)OOC. The van der Waals surface area contributed by atoms with E-state index >= 15 is 0 Å². The van der Waals surface area contributed by atoms with Crippen LogP contribution in [0.4, 0.5) is 0 Å². The van der Waals surface area contributed by atoms with Crippen LogP contribution in [0.2, 0.25) is 0 Å². The van der Waals surface area contributed by atoms with E-state index < -0.39 is 37.1 Å². The number of hydrogen-bond donors (Lipinski definition) is 2. The molecule has 2 aromatic rings. The van der Waals surface area contributed by atoms with Gasteiger partial charge >= 0.3 is 0 Å². The van der Waals surface area contributed by atoms with E-state index in [-0.39, 0.29) is 13.2 Å². The fourth-order valence-corrected chi connectivity index (χ4v) is 3.37. The van der Waals surface area contributed by atoms with Gasteiger partial charge in [-0.05, 0) is 11.1 Å². The highest BCUT2D eigenvalue weighted by Gasteiger charge is 2.42. The van der Waals surface area contributed by atoms with Gasteiger partial charge in [0.2, 0.25) is 0 Å². The number of aliphatic hydroxyl groups is 2. The molecule has 0 unspecified atom stereocenters. The Balaban J connectivity index is 2.24. The van der Waals surface area contributed by atoms with Crippen LogP contribution in [-0.4, -0.2) is 75.3 Å². The normalized spacial score (nSPS) is 16.2. The number of methoxy groups -OCH3 is 1. The van der Waals surface area contributed by atoms with Gasteiger partial charge < -0.3 is 24.4 Å². The molecule has 0 saturated carbocycles. The third kappa shape index (κ3) is 9.09. The molecular formula is C24H34O9. The number of ether oxygens (including phenoxy) is 3. The Hall–Kier alpha value is -1.92. The Morgan fingerprint density at radius 3 is 1.82 bits per heavy atom. The topological polar surface area (TPSA) is 105 Å². The van der Waals surface area contributed by atoms with Crippen LogP contribution in [0.1, 0.15) is 11.1 Å². The van der Waals surface area contributed by atoms with Crippen molar-refractivity contribution < 1.29 is 44.0 Å². The van der Waals surface area contributed by atoms with Crippen molar-refractivity contribution in [1.29, 1.82) is 0 Å². The van der Waals surface area contributed by atoms with Crippen LogP contribution in [0, 0.1) is 0 Å². The summed E-state index contributed by atoms with van der Waals surface area (Å²) in [6.07, 6.45) is -4.90. The van der Waals surface area contributed by atoms with E-state index in [1.54, 1.807) is 0 Å². The van der Waals surface area contributed by atoms with Crippen LogP contribution < -0.4 is 0 Å². The molecule has 0 radical (unpaired) electrons. The van der Waals surface area contributed by atoms with Crippen molar-refractivity contribution in [3.63, 3.8) is 0 Å². The third-order valence-corrected chi connectivity index (χ3v) is 4.96. The molecule has 0 amide bonds. The molecule has 0 aromatic heterocycles. The molecule has 0 aliphatic rings. The van der Waals surface area contributed by atoms with Gasteiger partial charge in [0, 0.05) is 7.11 Å². The first-order valence-electron chi connectivity index (χ1n) is 10.6. The minimum Gasteiger partial charge on any atom is -0.394 e. The van der Waals surface area contributed by atoms with E-state index in [0.29, 0.717) is 6.61 Å². The van der Waals surface area contributed by atoms with Crippen LogP contribution in [0.5, 0.6) is 0 Å². The second kappa shape index (κ2) is 15.8. The van der Waals surface area contributed by atoms with Crippen molar-refractivity contribution in [3.8, 4) is 0 Å². The molecule has 33 heavy (non-hydrogen) atoms. The number of hydrogen-bond acceptors (Lipinski definition) is 9. The van der Waals surface area contributed by atoms with Crippen LogP contribution in [0.3, 0.4) is 0 Å². The molecule has 0 aliphatic carbocycles. The van der Waals surface area contributed by atoms with Gasteiger partial charge in [-0.1, -0.05) is 60.7 Å². The van der Waals surface area contributed by atoms with Gasteiger partial charge in [0.1, 0.15) is 24.4 Å². The molecule has 0 bridgehead atoms. The highest BCUT2D eigenvalue weighted by molar-refractivity contribution is 5.14. The fraction of sp³-hybridized carbons (Fsp3) is 0.500. The lowest BCUT2D eigenvalue weighted by Crippen LogP contribution is -2.54. The largest absolute Gasteiger partial charge is 0.394 e. The van der Waals surface area contributed by atoms with E-state index in [1.165, 1.54) is 21.3 Å². The van der Waals surface area contributed by atoms with Crippen LogP contribution in [0.25, 0.3) is 0 Å². The molecule has 0 heterocycles. The molecule has 2 rings (SSSR count). The van der Waals surface area contributed by atoms with Crippen molar-refractivity contribution in [1.82, 2.24) is 0 Å². The smallest absolute Gasteiger partial charge is 0.150 e. The van der Waals surface area contributed by atoms with Gasteiger partial charge in [-0.2, -0.15) is 0 Å². The van der Waals surface area contributed by atoms with Crippen molar-refractivity contribution in [3.05, 3.63) is 71.8 Å². The Kier molecular flexibility index (Phi) is 13.1. The summed E-state index contributed by atoms with van der Waals surface area (Å²) in [6.45, 7) is 0.0901. The summed E-state index contributed by atoms with van der Waals surface area (Å²) in [4.78, 5) is 20.8. The molecule has 0 saturated heterocycles. The van der Waals surface area contributed by atoms with Crippen LogP contribution in [-0.2, 0) is 47.0 Å². The second-order valence-electron chi connectivity index (χ2n) is 7.24. The first kappa shape index (κ1) is 27.3. The van der Waals surface area contributed by atoms with Gasteiger partial charge in [0.05, 0.1) is 40.6 Å². The minimum atomic E-state index is -1.26. The van der Waals surface area contributed by atoms with Gasteiger partial charge in [-0.25, -0.2) is 19.6 Å². The van der Waals surface area contributed by atoms with Crippen molar-refractivity contribution >= 4 is 0 Å². The van der Waals surface area contributed by atoms with Crippen LogP contribution >= 0.6 is 0 Å². The minimum absolute atomic E-state index is 0.0808. The first-order valence-corrected chi connectivity index (χ1v) is 10.6. The molecule has 184 valence electrons. The molecule has 2 N–H and O–H groups in total. The zero-order chi connectivity index (χ0) is 23.9. The number of rotatable bonds is 17. The Morgan fingerprint density at radius 2 is 1.30 bits per heavy atom. The number of benzene rings is 2. The van der Waals surface area contributed by atoms with Crippen molar-refractivity contribution in [2.75, 3.05) is 34.5 Å². The van der Waals surface area contributed by atoms with Gasteiger partial charge in [0.15, 0.2) is 6.10 Å². The third-order valence-electron chi connectivity index (χ3n) is 4.96. The van der Waals surface area contributed by atoms with Crippen molar-refractivity contribution in [2.24, 2.45) is 0 Å². The summed E-state index contributed by atoms with van der Waals surface area (Å²) in [6, 6.07) is 19.2. The molecule has 0 aliphatic heterocycles. The molecule has 0 spiro atoms. The lowest BCUT2D eigenvalue weighted by atomic mass is 9.99. The van der Waals surface area contributed by atoms with E-state index in [2.05, 4.69) is 0 Å². The Morgan fingerprint density at radius 1 is 0.727 bits per heavy atom. The Labute approximate surface area is 194 Å². The summed E-state index contributed by atoms with van der Waals surface area (Å²) in [5, 5.41) is 19.8. The summed E-state index contributed by atoms with van der Waals surface area (Å²) in [5.74, 6) is 0. The van der Waals surface area contributed by atoms with Crippen molar-refractivity contribution in [2.45, 2.75) is 43.7 Å². The maximum Gasteiger partial charge on any atom is 0.150 e.